The molecule has 1 aromatic rings. The van der Waals surface area contributed by atoms with E-state index in [2.05, 4.69) is 10.6 Å². The average Bonchev–Trinajstić information content (AvgIpc) is 3.10. The maximum atomic E-state index is 12.1. The van der Waals surface area contributed by atoms with Gasteiger partial charge in [0.05, 0.1) is 5.92 Å². The van der Waals surface area contributed by atoms with Crippen molar-refractivity contribution in [2.75, 3.05) is 6.54 Å². The van der Waals surface area contributed by atoms with Gasteiger partial charge >= 0.3 is 5.97 Å². The number of carbonyl (C=O) groups excluding carboxylic acids is 2. The fourth-order valence-electron chi connectivity index (χ4n) is 3.20. The summed E-state index contributed by atoms with van der Waals surface area (Å²) < 4.78 is 0. The van der Waals surface area contributed by atoms with E-state index in [1.165, 1.54) is 0 Å². The second-order valence-electron chi connectivity index (χ2n) is 6.70. The van der Waals surface area contributed by atoms with Crippen molar-refractivity contribution in [2.24, 2.45) is 5.92 Å². The fourth-order valence-corrected chi connectivity index (χ4v) is 3.20. The third kappa shape index (κ3) is 5.89. The van der Waals surface area contributed by atoms with Gasteiger partial charge < -0.3 is 15.7 Å². The predicted molar refractivity (Wildman–Crippen MR) is 94.0 cm³/mol. The highest BCUT2D eigenvalue weighted by molar-refractivity contribution is 5.82. The molecule has 6 nitrogen and oxygen atoms in total. The molecule has 0 spiro atoms. The normalized spacial score (nSPS) is 16.8. The van der Waals surface area contributed by atoms with Crippen molar-refractivity contribution in [3.05, 3.63) is 35.9 Å². The lowest BCUT2D eigenvalue weighted by Crippen LogP contribution is -2.40. The molecule has 2 unspecified atom stereocenters. The maximum Gasteiger partial charge on any atom is 0.312 e. The van der Waals surface area contributed by atoms with Gasteiger partial charge in [0.2, 0.25) is 11.8 Å². The summed E-state index contributed by atoms with van der Waals surface area (Å²) >= 11 is 0. The Labute approximate surface area is 148 Å². The lowest BCUT2D eigenvalue weighted by atomic mass is 9.99. The van der Waals surface area contributed by atoms with Crippen molar-refractivity contribution in [1.82, 2.24) is 10.6 Å². The zero-order chi connectivity index (χ0) is 18.2. The van der Waals surface area contributed by atoms with Crippen LogP contribution >= 0.6 is 0 Å². The minimum atomic E-state index is -0.978. The van der Waals surface area contributed by atoms with Gasteiger partial charge in [-0.15, -0.1) is 0 Å². The topological polar surface area (TPSA) is 95.5 Å². The third-order valence-corrected chi connectivity index (χ3v) is 4.61. The first kappa shape index (κ1) is 19.0. The van der Waals surface area contributed by atoms with Crippen LogP contribution in [0.15, 0.2) is 30.3 Å². The second-order valence-corrected chi connectivity index (χ2v) is 6.70. The molecule has 0 aromatic heterocycles. The minimum Gasteiger partial charge on any atom is -0.481 e. The molecule has 0 heterocycles. The van der Waals surface area contributed by atoms with Crippen LogP contribution in [-0.4, -0.2) is 35.5 Å². The molecular formula is C19H26N2O4. The van der Waals surface area contributed by atoms with Gasteiger partial charge in [0.1, 0.15) is 0 Å². The summed E-state index contributed by atoms with van der Waals surface area (Å²) in [6, 6.07) is 8.55. The van der Waals surface area contributed by atoms with Crippen molar-refractivity contribution in [3.8, 4) is 0 Å². The minimum absolute atomic E-state index is 0.0190. The van der Waals surface area contributed by atoms with Crippen LogP contribution in [0.5, 0.6) is 0 Å². The first-order chi connectivity index (χ1) is 12.0. The number of hydrogen-bond acceptors (Lipinski definition) is 3. The number of aliphatic carboxylic acids is 1. The predicted octanol–water partition coefficient (Wildman–Crippen LogP) is 2.06. The van der Waals surface area contributed by atoms with Gasteiger partial charge in [-0.3, -0.25) is 14.4 Å². The Morgan fingerprint density at radius 3 is 2.40 bits per heavy atom. The third-order valence-electron chi connectivity index (χ3n) is 4.61. The van der Waals surface area contributed by atoms with Crippen LogP contribution < -0.4 is 10.6 Å². The average molecular weight is 346 g/mol. The first-order valence-corrected chi connectivity index (χ1v) is 8.82. The van der Waals surface area contributed by atoms with E-state index in [1.54, 1.807) is 31.2 Å². The standard InChI is InChI=1S/C19H26N2O4/c1-13(21-18(23)15-9-5-6-10-15)11-17(22)20-12-16(19(24)25)14-7-3-2-4-8-14/h2-4,7-8,13,15-16H,5-6,9-12H2,1H3,(H,20,22)(H,21,23)(H,24,25). The van der Waals surface area contributed by atoms with E-state index in [-0.39, 0.29) is 36.7 Å². The van der Waals surface area contributed by atoms with Crippen molar-refractivity contribution < 1.29 is 19.5 Å². The Morgan fingerprint density at radius 2 is 1.80 bits per heavy atom. The van der Waals surface area contributed by atoms with Crippen LogP contribution in [0.2, 0.25) is 0 Å². The van der Waals surface area contributed by atoms with Gasteiger partial charge in [0, 0.05) is 24.9 Å². The zero-order valence-corrected chi connectivity index (χ0v) is 14.5. The highest BCUT2D eigenvalue weighted by atomic mass is 16.4. The summed E-state index contributed by atoms with van der Waals surface area (Å²) in [7, 11) is 0. The van der Waals surface area contributed by atoms with Crippen molar-refractivity contribution >= 4 is 17.8 Å². The highest BCUT2D eigenvalue weighted by Crippen LogP contribution is 2.24. The molecule has 1 aromatic carbocycles. The number of amides is 2. The lowest BCUT2D eigenvalue weighted by molar-refractivity contribution is -0.138. The second kappa shape index (κ2) is 9.20. The Bertz CT molecular complexity index is 597. The summed E-state index contributed by atoms with van der Waals surface area (Å²) in [5.74, 6) is -1.94. The summed E-state index contributed by atoms with van der Waals surface area (Å²) in [6.07, 6.45) is 4.15. The summed E-state index contributed by atoms with van der Waals surface area (Å²) in [4.78, 5) is 35.5. The largest absolute Gasteiger partial charge is 0.481 e. The van der Waals surface area contributed by atoms with Gasteiger partial charge in [0.25, 0.3) is 0 Å². The molecule has 0 saturated heterocycles. The molecule has 0 bridgehead atoms. The SMILES string of the molecule is CC(CC(=O)NCC(C(=O)O)c1ccccc1)NC(=O)C1CCCC1. The zero-order valence-electron chi connectivity index (χ0n) is 14.5. The smallest absolute Gasteiger partial charge is 0.312 e. The fraction of sp³-hybridized carbons (Fsp3) is 0.526. The molecule has 2 rings (SSSR count). The highest BCUT2D eigenvalue weighted by Gasteiger charge is 2.25. The molecule has 25 heavy (non-hydrogen) atoms. The van der Waals surface area contributed by atoms with Crippen LogP contribution in [0.1, 0.15) is 50.5 Å². The molecule has 0 aliphatic heterocycles. The molecule has 136 valence electrons. The number of nitrogens with one attached hydrogen (secondary N) is 2. The number of carboxylic acids is 1. The summed E-state index contributed by atoms with van der Waals surface area (Å²) in [6.45, 7) is 1.82. The van der Waals surface area contributed by atoms with Gasteiger partial charge in [-0.1, -0.05) is 43.2 Å². The van der Waals surface area contributed by atoms with Gasteiger partial charge in [0.15, 0.2) is 0 Å². The quantitative estimate of drug-likeness (QED) is 0.671. The number of carbonyl (C=O) groups is 3. The Balaban J connectivity index is 1.78. The maximum absolute atomic E-state index is 12.1. The van der Waals surface area contributed by atoms with E-state index >= 15 is 0 Å². The van der Waals surface area contributed by atoms with Gasteiger partial charge in [-0.25, -0.2) is 0 Å². The molecule has 6 heteroatoms. The van der Waals surface area contributed by atoms with Crippen molar-refractivity contribution in [1.29, 1.82) is 0 Å². The van der Waals surface area contributed by atoms with Crippen molar-refractivity contribution in [2.45, 2.75) is 51.0 Å². The number of hydrogen-bond donors (Lipinski definition) is 3. The van der Waals surface area contributed by atoms with Gasteiger partial charge in [-0.2, -0.15) is 0 Å². The lowest BCUT2D eigenvalue weighted by Gasteiger charge is -2.18. The Hall–Kier alpha value is -2.37. The van der Waals surface area contributed by atoms with E-state index in [0.29, 0.717) is 5.56 Å². The van der Waals surface area contributed by atoms with E-state index in [1.807, 2.05) is 6.07 Å². The van der Waals surface area contributed by atoms with Crippen LogP contribution in [0.25, 0.3) is 0 Å². The van der Waals surface area contributed by atoms with E-state index in [9.17, 15) is 19.5 Å². The van der Waals surface area contributed by atoms with Crippen molar-refractivity contribution in [3.63, 3.8) is 0 Å². The molecule has 3 N–H and O–H groups in total. The molecule has 1 fully saturated rings. The molecular weight excluding hydrogens is 320 g/mol. The van der Waals surface area contributed by atoms with Crippen LogP contribution in [0.3, 0.4) is 0 Å². The number of rotatable bonds is 8. The number of benzene rings is 1. The Morgan fingerprint density at radius 1 is 1.16 bits per heavy atom. The monoisotopic (exact) mass is 346 g/mol. The van der Waals surface area contributed by atoms with E-state index < -0.39 is 11.9 Å². The molecule has 1 aliphatic carbocycles. The van der Waals surface area contributed by atoms with E-state index in [4.69, 9.17) is 0 Å². The molecule has 1 saturated carbocycles. The Kier molecular flexibility index (Phi) is 6.98. The van der Waals surface area contributed by atoms with Gasteiger partial charge in [-0.05, 0) is 25.3 Å². The van der Waals surface area contributed by atoms with Crippen LogP contribution in [0, 0.1) is 5.92 Å². The van der Waals surface area contributed by atoms with E-state index in [0.717, 1.165) is 25.7 Å². The molecule has 0 radical (unpaired) electrons. The molecule has 2 amide bonds. The first-order valence-electron chi connectivity index (χ1n) is 8.82. The summed E-state index contributed by atoms with van der Waals surface area (Å²) in [5, 5.41) is 14.9. The number of carboxylic acid groups (broad SMARTS) is 1. The molecule has 2 atom stereocenters. The van der Waals surface area contributed by atoms with Crippen LogP contribution in [-0.2, 0) is 14.4 Å². The molecule has 1 aliphatic rings. The van der Waals surface area contributed by atoms with Crippen LogP contribution in [0.4, 0.5) is 0 Å². The summed E-state index contributed by atoms with van der Waals surface area (Å²) in [5.41, 5.74) is 0.651.